The SMILES string of the molecule is CCC(C(=O)NN)c1cccc(F)c1. The molecule has 0 aliphatic rings. The first-order valence-corrected chi connectivity index (χ1v) is 4.45. The minimum Gasteiger partial charge on any atom is -0.294 e. The molecule has 0 fully saturated rings. The van der Waals surface area contributed by atoms with E-state index >= 15 is 0 Å². The van der Waals surface area contributed by atoms with Crippen LogP contribution in [0.3, 0.4) is 0 Å². The third kappa shape index (κ3) is 2.29. The van der Waals surface area contributed by atoms with Crippen molar-refractivity contribution in [3.8, 4) is 0 Å². The van der Waals surface area contributed by atoms with E-state index in [1.807, 2.05) is 6.92 Å². The molecular formula is C10H13FN2O. The highest BCUT2D eigenvalue weighted by Gasteiger charge is 2.17. The van der Waals surface area contributed by atoms with Crippen LogP contribution in [-0.4, -0.2) is 5.91 Å². The van der Waals surface area contributed by atoms with E-state index in [1.54, 1.807) is 12.1 Å². The molecule has 14 heavy (non-hydrogen) atoms. The number of rotatable bonds is 3. The third-order valence-corrected chi connectivity index (χ3v) is 2.12. The first-order chi connectivity index (χ1) is 6.69. The van der Waals surface area contributed by atoms with Crippen molar-refractivity contribution >= 4 is 5.91 Å². The fraction of sp³-hybridized carbons (Fsp3) is 0.300. The molecule has 0 saturated heterocycles. The van der Waals surface area contributed by atoms with Gasteiger partial charge >= 0.3 is 0 Å². The summed E-state index contributed by atoms with van der Waals surface area (Å²) in [7, 11) is 0. The molecule has 3 N–H and O–H groups in total. The van der Waals surface area contributed by atoms with Gasteiger partial charge in [0, 0.05) is 0 Å². The highest BCUT2D eigenvalue weighted by molar-refractivity contribution is 5.82. The van der Waals surface area contributed by atoms with Gasteiger partial charge in [-0.15, -0.1) is 0 Å². The van der Waals surface area contributed by atoms with Gasteiger partial charge in [0.05, 0.1) is 5.92 Å². The summed E-state index contributed by atoms with van der Waals surface area (Å²) in [5, 5.41) is 0. The maximum atomic E-state index is 12.9. The lowest BCUT2D eigenvalue weighted by Crippen LogP contribution is -2.34. The Morgan fingerprint density at radius 3 is 2.86 bits per heavy atom. The molecule has 0 heterocycles. The first kappa shape index (κ1) is 10.7. The summed E-state index contributed by atoms with van der Waals surface area (Å²) in [6.07, 6.45) is 0.590. The van der Waals surface area contributed by atoms with Crippen LogP contribution < -0.4 is 11.3 Å². The van der Waals surface area contributed by atoms with Crippen LogP contribution >= 0.6 is 0 Å². The quantitative estimate of drug-likeness (QED) is 0.435. The summed E-state index contributed by atoms with van der Waals surface area (Å²) < 4.78 is 12.9. The monoisotopic (exact) mass is 196 g/mol. The van der Waals surface area contributed by atoms with Gasteiger partial charge in [-0.25, -0.2) is 10.2 Å². The molecule has 0 saturated carbocycles. The van der Waals surface area contributed by atoms with Gasteiger partial charge in [-0.05, 0) is 24.1 Å². The largest absolute Gasteiger partial charge is 0.294 e. The smallest absolute Gasteiger partial charge is 0.241 e. The van der Waals surface area contributed by atoms with E-state index in [-0.39, 0.29) is 17.6 Å². The van der Waals surface area contributed by atoms with E-state index in [2.05, 4.69) is 5.43 Å². The second-order valence-corrected chi connectivity index (χ2v) is 3.02. The van der Waals surface area contributed by atoms with Crippen molar-refractivity contribution in [2.75, 3.05) is 0 Å². The Morgan fingerprint density at radius 1 is 1.64 bits per heavy atom. The van der Waals surface area contributed by atoms with Crippen molar-refractivity contribution in [1.29, 1.82) is 0 Å². The minimum atomic E-state index is -0.379. The number of nitrogens with one attached hydrogen (secondary N) is 1. The molecule has 3 nitrogen and oxygen atoms in total. The Hall–Kier alpha value is -1.42. The average molecular weight is 196 g/mol. The van der Waals surface area contributed by atoms with E-state index < -0.39 is 0 Å². The fourth-order valence-electron chi connectivity index (χ4n) is 1.40. The molecule has 1 atom stereocenters. The summed E-state index contributed by atoms with van der Waals surface area (Å²) >= 11 is 0. The van der Waals surface area contributed by atoms with E-state index in [4.69, 9.17) is 5.84 Å². The molecule has 1 aromatic rings. The van der Waals surface area contributed by atoms with Crippen molar-refractivity contribution < 1.29 is 9.18 Å². The Bertz CT molecular complexity index is 328. The molecule has 0 bridgehead atoms. The standard InChI is InChI=1S/C10H13FN2O/c1-2-9(10(14)13-12)7-4-3-5-8(11)6-7/h3-6,9H,2,12H2,1H3,(H,13,14). The summed E-state index contributed by atoms with van der Waals surface area (Å²) in [6, 6.07) is 5.99. The second-order valence-electron chi connectivity index (χ2n) is 3.02. The number of hydrogen-bond donors (Lipinski definition) is 2. The zero-order chi connectivity index (χ0) is 10.6. The number of nitrogens with two attached hydrogens (primary N) is 1. The molecule has 1 aromatic carbocycles. The lowest BCUT2D eigenvalue weighted by Gasteiger charge is -2.12. The van der Waals surface area contributed by atoms with E-state index in [0.29, 0.717) is 12.0 Å². The number of amides is 1. The van der Waals surface area contributed by atoms with Crippen LogP contribution in [0.25, 0.3) is 0 Å². The molecule has 0 aromatic heterocycles. The molecular weight excluding hydrogens is 183 g/mol. The molecule has 1 unspecified atom stereocenters. The lowest BCUT2D eigenvalue weighted by molar-refractivity contribution is -0.122. The Kier molecular flexibility index (Phi) is 3.59. The maximum absolute atomic E-state index is 12.9. The van der Waals surface area contributed by atoms with Crippen molar-refractivity contribution in [2.45, 2.75) is 19.3 Å². The summed E-state index contributed by atoms with van der Waals surface area (Å²) in [6.45, 7) is 1.85. The van der Waals surface area contributed by atoms with Gasteiger partial charge in [0.25, 0.3) is 0 Å². The fourth-order valence-corrected chi connectivity index (χ4v) is 1.40. The number of carbonyl (C=O) groups excluding carboxylic acids is 1. The number of benzene rings is 1. The van der Waals surface area contributed by atoms with Crippen LogP contribution in [0.15, 0.2) is 24.3 Å². The van der Waals surface area contributed by atoms with Crippen LogP contribution in [0.4, 0.5) is 4.39 Å². The predicted octanol–water partition coefficient (Wildman–Crippen LogP) is 1.31. The number of hydrogen-bond acceptors (Lipinski definition) is 2. The number of hydrazine groups is 1. The minimum absolute atomic E-state index is 0.293. The van der Waals surface area contributed by atoms with Gasteiger partial charge < -0.3 is 0 Å². The van der Waals surface area contributed by atoms with Gasteiger partial charge in [0.1, 0.15) is 5.82 Å². The van der Waals surface area contributed by atoms with Crippen LogP contribution in [0, 0.1) is 5.82 Å². The molecule has 0 aliphatic heterocycles. The molecule has 1 rings (SSSR count). The van der Waals surface area contributed by atoms with Crippen molar-refractivity contribution in [3.63, 3.8) is 0 Å². The van der Waals surface area contributed by atoms with Gasteiger partial charge in [-0.2, -0.15) is 0 Å². The average Bonchev–Trinajstić information content (AvgIpc) is 2.19. The zero-order valence-corrected chi connectivity index (χ0v) is 7.96. The third-order valence-electron chi connectivity index (χ3n) is 2.12. The van der Waals surface area contributed by atoms with Crippen LogP contribution in [-0.2, 0) is 4.79 Å². The second kappa shape index (κ2) is 4.72. The normalized spacial score (nSPS) is 12.2. The van der Waals surface area contributed by atoms with Crippen molar-refractivity contribution in [2.24, 2.45) is 5.84 Å². The Labute approximate surface area is 82.1 Å². The van der Waals surface area contributed by atoms with Gasteiger partial charge in [0.2, 0.25) is 5.91 Å². The molecule has 4 heteroatoms. The predicted molar refractivity (Wildman–Crippen MR) is 51.8 cm³/mol. The number of carbonyl (C=O) groups is 1. The Balaban J connectivity index is 2.94. The molecule has 1 amide bonds. The van der Waals surface area contributed by atoms with Crippen LogP contribution in [0.5, 0.6) is 0 Å². The number of halogens is 1. The van der Waals surface area contributed by atoms with Gasteiger partial charge in [-0.1, -0.05) is 19.1 Å². The zero-order valence-electron chi connectivity index (χ0n) is 7.96. The summed E-state index contributed by atoms with van der Waals surface area (Å²) in [5.74, 6) is 4.02. The van der Waals surface area contributed by atoms with Gasteiger partial charge in [-0.3, -0.25) is 10.2 Å². The molecule has 0 aliphatic carbocycles. The molecule has 76 valence electrons. The van der Waals surface area contributed by atoms with Crippen LogP contribution in [0.2, 0.25) is 0 Å². The highest BCUT2D eigenvalue weighted by atomic mass is 19.1. The Morgan fingerprint density at radius 2 is 2.36 bits per heavy atom. The van der Waals surface area contributed by atoms with E-state index in [9.17, 15) is 9.18 Å². The van der Waals surface area contributed by atoms with Gasteiger partial charge in [0.15, 0.2) is 0 Å². The van der Waals surface area contributed by atoms with Crippen LogP contribution in [0.1, 0.15) is 24.8 Å². The molecule has 0 spiro atoms. The topological polar surface area (TPSA) is 55.1 Å². The molecule has 0 radical (unpaired) electrons. The first-order valence-electron chi connectivity index (χ1n) is 4.45. The summed E-state index contributed by atoms with van der Waals surface area (Å²) in [4.78, 5) is 11.3. The summed E-state index contributed by atoms with van der Waals surface area (Å²) in [5.41, 5.74) is 2.72. The highest BCUT2D eigenvalue weighted by Crippen LogP contribution is 2.19. The van der Waals surface area contributed by atoms with Crippen molar-refractivity contribution in [3.05, 3.63) is 35.6 Å². The van der Waals surface area contributed by atoms with E-state index in [0.717, 1.165) is 0 Å². The maximum Gasteiger partial charge on any atom is 0.241 e. The van der Waals surface area contributed by atoms with E-state index in [1.165, 1.54) is 12.1 Å². The van der Waals surface area contributed by atoms with Crippen molar-refractivity contribution in [1.82, 2.24) is 5.43 Å². The lowest BCUT2D eigenvalue weighted by atomic mass is 9.96.